The van der Waals surface area contributed by atoms with Gasteiger partial charge in [-0.1, -0.05) is 23.7 Å². The maximum atomic E-state index is 12.1. The molecule has 128 valence electrons. The summed E-state index contributed by atoms with van der Waals surface area (Å²) in [4.78, 5) is 11.3. The molecule has 0 radical (unpaired) electrons. The lowest BCUT2D eigenvalue weighted by atomic mass is 10.2. The van der Waals surface area contributed by atoms with Crippen molar-refractivity contribution in [1.29, 1.82) is 0 Å². The number of halogens is 1. The Balaban J connectivity index is 2.18. The molecule has 24 heavy (non-hydrogen) atoms. The van der Waals surface area contributed by atoms with Crippen LogP contribution in [0.25, 0.3) is 0 Å². The van der Waals surface area contributed by atoms with E-state index in [9.17, 15) is 19.3 Å². The van der Waals surface area contributed by atoms with Crippen molar-refractivity contribution in [2.45, 2.75) is 13.8 Å². The molecule has 0 bridgehead atoms. The molecule has 9 heteroatoms. The standard InChI is InChI=1S/C15H15ClN2O5S/c1-9-7-11(8-12(16)15(9)20)17-24(22)23-14-6-4-3-5-13(14)18(21)10(2)19/h3-8,17,20-21H,1-2H3. The number of amides is 1. The van der Waals surface area contributed by atoms with Crippen LogP contribution in [0, 0.1) is 6.92 Å². The van der Waals surface area contributed by atoms with Crippen LogP contribution >= 0.6 is 11.6 Å². The van der Waals surface area contributed by atoms with Crippen molar-refractivity contribution < 1.29 is 23.5 Å². The van der Waals surface area contributed by atoms with Crippen LogP contribution in [0.4, 0.5) is 11.4 Å². The molecular weight excluding hydrogens is 356 g/mol. The number of hydroxylamine groups is 1. The fraction of sp³-hybridized carbons (Fsp3) is 0.133. The molecule has 1 amide bonds. The Labute approximate surface area is 146 Å². The van der Waals surface area contributed by atoms with Gasteiger partial charge in [-0.05, 0) is 36.8 Å². The van der Waals surface area contributed by atoms with Crippen molar-refractivity contribution in [2.75, 3.05) is 9.79 Å². The molecule has 0 fully saturated rings. The number of para-hydroxylation sites is 2. The van der Waals surface area contributed by atoms with E-state index < -0.39 is 17.2 Å². The summed E-state index contributed by atoms with van der Waals surface area (Å²) in [5, 5.41) is 19.8. The highest BCUT2D eigenvalue weighted by Gasteiger charge is 2.16. The van der Waals surface area contributed by atoms with E-state index in [4.69, 9.17) is 15.8 Å². The highest BCUT2D eigenvalue weighted by Crippen LogP contribution is 2.31. The molecule has 0 spiro atoms. The number of hydrogen-bond donors (Lipinski definition) is 3. The number of nitrogens with zero attached hydrogens (tertiary/aromatic N) is 1. The molecule has 2 aromatic carbocycles. The van der Waals surface area contributed by atoms with Gasteiger partial charge in [0, 0.05) is 6.92 Å². The predicted molar refractivity (Wildman–Crippen MR) is 91.6 cm³/mol. The number of anilines is 2. The van der Waals surface area contributed by atoms with Gasteiger partial charge >= 0.3 is 11.3 Å². The molecule has 3 N–H and O–H groups in total. The second-order valence-electron chi connectivity index (χ2n) is 4.84. The Kier molecular flexibility index (Phi) is 5.66. The molecule has 2 rings (SSSR count). The van der Waals surface area contributed by atoms with Gasteiger partial charge in [0.25, 0.3) is 0 Å². The van der Waals surface area contributed by atoms with Gasteiger partial charge < -0.3 is 9.29 Å². The highest BCUT2D eigenvalue weighted by atomic mass is 35.5. The van der Waals surface area contributed by atoms with Crippen molar-refractivity contribution in [3.8, 4) is 11.5 Å². The molecule has 1 unspecified atom stereocenters. The van der Waals surface area contributed by atoms with Gasteiger partial charge in [-0.3, -0.25) is 14.7 Å². The molecular formula is C15H15ClN2O5S. The van der Waals surface area contributed by atoms with Crippen LogP contribution in [0.3, 0.4) is 0 Å². The minimum atomic E-state index is -2.02. The van der Waals surface area contributed by atoms with Crippen LogP contribution < -0.4 is 14.0 Å². The van der Waals surface area contributed by atoms with Gasteiger partial charge in [-0.15, -0.1) is 0 Å². The molecule has 0 aromatic heterocycles. The third-order valence-electron chi connectivity index (χ3n) is 3.01. The molecule has 7 nitrogen and oxygen atoms in total. The average molecular weight is 371 g/mol. The summed E-state index contributed by atoms with van der Waals surface area (Å²) in [6, 6.07) is 9.03. The number of carbonyl (C=O) groups excluding carboxylic acids is 1. The van der Waals surface area contributed by atoms with E-state index in [0.29, 0.717) is 16.3 Å². The van der Waals surface area contributed by atoms with E-state index in [1.54, 1.807) is 25.1 Å². The zero-order valence-corrected chi connectivity index (χ0v) is 14.4. The first-order valence-electron chi connectivity index (χ1n) is 6.74. The Morgan fingerprint density at radius 1 is 1.33 bits per heavy atom. The minimum absolute atomic E-state index is 0.0441. The second kappa shape index (κ2) is 7.52. The van der Waals surface area contributed by atoms with E-state index in [2.05, 4.69) is 4.72 Å². The van der Waals surface area contributed by atoms with E-state index in [-0.39, 0.29) is 22.2 Å². The Morgan fingerprint density at radius 2 is 2.00 bits per heavy atom. The molecule has 2 aromatic rings. The number of benzene rings is 2. The van der Waals surface area contributed by atoms with Crippen LogP contribution in [0.2, 0.25) is 5.02 Å². The van der Waals surface area contributed by atoms with Crippen LogP contribution in [0.15, 0.2) is 36.4 Å². The first-order chi connectivity index (χ1) is 11.3. The first-order valence-corrected chi connectivity index (χ1v) is 8.19. The third-order valence-corrected chi connectivity index (χ3v) is 4.03. The fourth-order valence-electron chi connectivity index (χ4n) is 1.87. The summed E-state index contributed by atoms with van der Waals surface area (Å²) >= 11 is 3.83. The quantitative estimate of drug-likeness (QED) is 0.426. The molecule has 0 heterocycles. The van der Waals surface area contributed by atoms with Crippen LogP contribution in [0.5, 0.6) is 11.5 Å². The van der Waals surface area contributed by atoms with Gasteiger partial charge in [0.05, 0.1) is 10.7 Å². The van der Waals surface area contributed by atoms with E-state index in [1.165, 1.54) is 25.1 Å². The lowest BCUT2D eigenvalue weighted by Gasteiger charge is -2.16. The predicted octanol–water partition coefficient (Wildman–Crippen LogP) is 3.17. The highest BCUT2D eigenvalue weighted by molar-refractivity contribution is 7.82. The lowest BCUT2D eigenvalue weighted by molar-refractivity contribution is -0.121. The molecule has 0 saturated heterocycles. The summed E-state index contributed by atoms with van der Waals surface area (Å²) in [6.07, 6.45) is 0. The van der Waals surface area contributed by atoms with Gasteiger partial charge in [0.15, 0.2) is 5.75 Å². The molecule has 0 saturated carbocycles. The summed E-state index contributed by atoms with van der Waals surface area (Å²) in [5.74, 6) is -0.634. The van der Waals surface area contributed by atoms with Crippen molar-refractivity contribution in [3.05, 3.63) is 47.0 Å². The smallest absolute Gasteiger partial charge is 0.316 e. The van der Waals surface area contributed by atoms with Crippen molar-refractivity contribution in [3.63, 3.8) is 0 Å². The maximum Gasteiger partial charge on any atom is 0.316 e. The summed E-state index contributed by atoms with van der Waals surface area (Å²) in [6.45, 7) is 2.81. The zero-order chi connectivity index (χ0) is 17.9. The second-order valence-corrected chi connectivity index (χ2v) is 6.09. The molecule has 1 atom stereocenters. The minimum Gasteiger partial charge on any atom is -0.506 e. The number of rotatable bonds is 5. The lowest BCUT2D eigenvalue weighted by Crippen LogP contribution is -2.24. The number of phenolic OH excluding ortho intramolecular Hbond substituents is 1. The Bertz CT molecular complexity index is 776. The van der Waals surface area contributed by atoms with Crippen molar-refractivity contribution in [1.82, 2.24) is 0 Å². The summed E-state index contributed by atoms with van der Waals surface area (Å²) in [5.41, 5.74) is 0.930. The van der Waals surface area contributed by atoms with Crippen molar-refractivity contribution >= 4 is 40.1 Å². The topological polar surface area (TPSA) is 99.1 Å². The summed E-state index contributed by atoms with van der Waals surface area (Å²) < 4.78 is 19.9. The number of carbonyl (C=O) groups is 1. The first kappa shape index (κ1) is 18.1. The third kappa shape index (κ3) is 4.16. The van der Waals surface area contributed by atoms with Gasteiger partial charge in [0.1, 0.15) is 11.4 Å². The van der Waals surface area contributed by atoms with E-state index >= 15 is 0 Å². The number of hydrogen-bond acceptors (Lipinski definition) is 5. The molecule has 0 aliphatic carbocycles. The van der Waals surface area contributed by atoms with Crippen LogP contribution in [-0.4, -0.2) is 20.4 Å². The number of aromatic hydroxyl groups is 1. The average Bonchev–Trinajstić information content (AvgIpc) is 2.52. The normalized spacial score (nSPS) is 11.7. The molecule has 0 aliphatic heterocycles. The summed E-state index contributed by atoms with van der Waals surface area (Å²) in [7, 11) is 0. The van der Waals surface area contributed by atoms with Crippen molar-refractivity contribution in [2.24, 2.45) is 0 Å². The van der Waals surface area contributed by atoms with Gasteiger partial charge in [-0.25, -0.2) is 0 Å². The van der Waals surface area contributed by atoms with E-state index in [1.807, 2.05) is 0 Å². The van der Waals surface area contributed by atoms with Gasteiger partial charge in [-0.2, -0.15) is 9.27 Å². The van der Waals surface area contributed by atoms with Gasteiger partial charge in [0.2, 0.25) is 5.91 Å². The number of aryl methyl sites for hydroxylation is 1. The molecule has 0 aliphatic rings. The number of nitrogens with one attached hydrogen (secondary N) is 1. The van der Waals surface area contributed by atoms with Crippen LogP contribution in [0.1, 0.15) is 12.5 Å². The zero-order valence-electron chi connectivity index (χ0n) is 12.8. The van der Waals surface area contributed by atoms with E-state index in [0.717, 1.165) is 0 Å². The SMILES string of the molecule is CC(=O)N(O)c1ccccc1OS(=O)Nc1cc(C)c(O)c(Cl)c1. The largest absolute Gasteiger partial charge is 0.506 e. The Hall–Kier alpha value is -2.29. The number of phenols is 1. The van der Waals surface area contributed by atoms with Crippen LogP contribution in [-0.2, 0) is 16.1 Å². The fourth-order valence-corrected chi connectivity index (χ4v) is 2.79. The monoisotopic (exact) mass is 370 g/mol. The maximum absolute atomic E-state index is 12.1. The Morgan fingerprint density at radius 3 is 2.62 bits per heavy atom.